The monoisotopic (exact) mass is 454 g/mol. The van der Waals surface area contributed by atoms with Crippen LogP contribution in [0, 0.1) is 5.82 Å². The number of sulfonamides is 1. The molecule has 2 atom stereocenters. The lowest BCUT2D eigenvalue weighted by atomic mass is 9.98. The molecule has 7 nitrogen and oxygen atoms in total. The minimum Gasteiger partial charge on any atom is -0.340 e. The van der Waals surface area contributed by atoms with Gasteiger partial charge in [0.05, 0.1) is 4.90 Å². The van der Waals surface area contributed by atoms with E-state index in [4.69, 9.17) is 0 Å². The van der Waals surface area contributed by atoms with Crippen LogP contribution in [0.3, 0.4) is 0 Å². The summed E-state index contributed by atoms with van der Waals surface area (Å²) in [6.07, 6.45) is 3.51. The number of halogens is 1. The predicted octanol–water partition coefficient (Wildman–Crippen LogP) is 1.90. The van der Waals surface area contributed by atoms with Crippen LogP contribution in [0.5, 0.6) is 0 Å². The normalized spacial score (nSPS) is 23.3. The second-order valence-corrected chi connectivity index (χ2v) is 10.5. The number of piperazine rings is 1. The summed E-state index contributed by atoms with van der Waals surface area (Å²) >= 11 is 0. The average Bonchev–Trinajstić information content (AvgIpc) is 2.75. The molecule has 0 spiro atoms. The maximum Gasteiger partial charge on any atom is 0.243 e. The highest BCUT2D eigenvalue weighted by molar-refractivity contribution is 7.89. The molecule has 1 aromatic rings. The van der Waals surface area contributed by atoms with Gasteiger partial charge in [-0.1, -0.05) is 12.5 Å². The molecule has 174 valence electrons. The number of nitrogens with one attached hydrogen (secondary N) is 1. The fourth-order valence-corrected chi connectivity index (χ4v) is 6.03. The Morgan fingerprint density at radius 2 is 1.84 bits per heavy atom. The molecule has 2 aliphatic rings. The highest BCUT2D eigenvalue weighted by Gasteiger charge is 2.30. The van der Waals surface area contributed by atoms with Crippen LogP contribution in [-0.4, -0.2) is 86.3 Å². The molecule has 0 aliphatic carbocycles. The van der Waals surface area contributed by atoms with Crippen LogP contribution in [-0.2, 0) is 14.8 Å². The van der Waals surface area contributed by atoms with Crippen LogP contribution in [0.4, 0.5) is 4.39 Å². The summed E-state index contributed by atoms with van der Waals surface area (Å²) in [5.41, 5.74) is 0. The van der Waals surface area contributed by atoms with Crippen molar-refractivity contribution in [3.05, 3.63) is 30.1 Å². The molecule has 2 aliphatic heterocycles. The zero-order valence-corrected chi connectivity index (χ0v) is 19.4. The molecule has 0 radical (unpaired) electrons. The van der Waals surface area contributed by atoms with Crippen LogP contribution in [0.25, 0.3) is 0 Å². The van der Waals surface area contributed by atoms with Gasteiger partial charge >= 0.3 is 0 Å². The zero-order valence-electron chi connectivity index (χ0n) is 18.6. The second-order valence-electron chi connectivity index (χ2n) is 8.61. The first kappa shape index (κ1) is 24.1. The van der Waals surface area contributed by atoms with Crippen LogP contribution < -0.4 is 5.32 Å². The van der Waals surface area contributed by atoms with Crippen molar-refractivity contribution in [2.45, 2.75) is 56.5 Å². The van der Waals surface area contributed by atoms with Crippen molar-refractivity contribution in [1.29, 1.82) is 0 Å². The Bertz CT molecular complexity index is 835. The Balaban J connectivity index is 1.73. The minimum atomic E-state index is -3.90. The minimum absolute atomic E-state index is 0.0411. The fraction of sp³-hybridized carbons (Fsp3) is 0.682. The Hall–Kier alpha value is -1.55. The number of nitrogens with zero attached hydrogens (tertiary/aromatic N) is 3. The van der Waals surface area contributed by atoms with Gasteiger partial charge in [0.15, 0.2) is 0 Å². The van der Waals surface area contributed by atoms with Gasteiger partial charge in [-0.3, -0.25) is 9.69 Å². The predicted molar refractivity (Wildman–Crippen MR) is 119 cm³/mol. The molecule has 2 unspecified atom stereocenters. The van der Waals surface area contributed by atoms with E-state index in [0.717, 1.165) is 32.0 Å². The Morgan fingerprint density at radius 3 is 2.48 bits per heavy atom. The summed E-state index contributed by atoms with van der Waals surface area (Å²) in [6, 6.07) is 5.88. The van der Waals surface area contributed by atoms with Crippen molar-refractivity contribution in [3.8, 4) is 0 Å². The topological polar surface area (TPSA) is 73.0 Å². The van der Waals surface area contributed by atoms with E-state index >= 15 is 0 Å². The summed E-state index contributed by atoms with van der Waals surface area (Å²) in [4.78, 5) is 16.7. The number of likely N-dealkylation sites (tertiary alicyclic amines) is 1. The van der Waals surface area contributed by atoms with E-state index in [1.54, 1.807) is 4.90 Å². The second kappa shape index (κ2) is 10.8. The van der Waals surface area contributed by atoms with E-state index in [1.165, 1.54) is 28.9 Å². The quantitative estimate of drug-likeness (QED) is 0.650. The van der Waals surface area contributed by atoms with Gasteiger partial charge in [-0.05, 0) is 44.9 Å². The summed E-state index contributed by atoms with van der Waals surface area (Å²) < 4.78 is 41.7. The molecular formula is C22H35FN4O3S. The maximum atomic E-state index is 13.7. The smallest absolute Gasteiger partial charge is 0.243 e. The van der Waals surface area contributed by atoms with Gasteiger partial charge in [-0.15, -0.1) is 0 Å². The van der Waals surface area contributed by atoms with Gasteiger partial charge < -0.3 is 10.2 Å². The molecule has 1 aromatic carbocycles. The van der Waals surface area contributed by atoms with Crippen molar-refractivity contribution >= 4 is 15.9 Å². The Kier molecular flexibility index (Phi) is 8.43. The molecule has 3 rings (SSSR count). The van der Waals surface area contributed by atoms with Gasteiger partial charge in [0, 0.05) is 64.3 Å². The van der Waals surface area contributed by atoms with Crippen LogP contribution in [0.1, 0.15) is 39.5 Å². The van der Waals surface area contributed by atoms with Gasteiger partial charge in [0.1, 0.15) is 5.82 Å². The molecule has 31 heavy (non-hydrogen) atoms. The highest BCUT2D eigenvalue weighted by atomic mass is 32.2. The van der Waals surface area contributed by atoms with E-state index in [2.05, 4.69) is 24.1 Å². The molecule has 2 saturated heterocycles. The third kappa shape index (κ3) is 6.25. The van der Waals surface area contributed by atoms with E-state index in [9.17, 15) is 17.6 Å². The number of carbonyl (C=O) groups excluding carboxylic acids is 1. The molecule has 2 fully saturated rings. The van der Waals surface area contributed by atoms with Crippen molar-refractivity contribution in [3.63, 3.8) is 0 Å². The fourth-order valence-electron chi connectivity index (χ4n) is 4.56. The molecule has 1 N–H and O–H groups in total. The standard InChI is InChI=1S/C22H35FN4O3S/c1-18-5-3-6-19(2)27(18)16-15-26(12-9-22(28)25-13-10-24-11-14-25)31(29,30)21-8-4-7-20(23)17-21/h4,7-8,17-19,24H,3,5-6,9-16H2,1-2H3. The lowest BCUT2D eigenvalue weighted by Gasteiger charge is -2.40. The third-order valence-corrected chi connectivity index (χ3v) is 8.36. The Labute approximate surface area is 185 Å². The summed E-state index contributed by atoms with van der Waals surface area (Å²) in [7, 11) is -3.90. The summed E-state index contributed by atoms with van der Waals surface area (Å²) in [5.74, 6) is -0.628. The number of benzene rings is 1. The largest absolute Gasteiger partial charge is 0.340 e. The lowest BCUT2D eigenvalue weighted by Crippen LogP contribution is -2.49. The molecule has 0 saturated carbocycles. The molecule has 1 amide bonds. The van der Waals surface area contributed by atoms with Crippen molar-refractivity contribution in [2.24, 2.45) is 0 Å². The van der Waals surface area contributed by atoms with Gasteiger partial charge in [0.2, 0.25) is 15.9 Å². The first-order valence-corrected chi connectivity index (χ1v) is 12.7. The molecule has 9 heteroatoms. The van der Waals surface area contributed by atoms with Gasteiger partial charge in [0.25, 0.3) is 0 Å². The van der Waals surface area contributed by atoms with Gasteiger partial charge in [-0.2, -0.15) is 4.31 Å². The molecule has 2 heterocycles. The highest BCUT2D eigenvalue weighted by Crippen LogP contribution is 2.23. The third-order valence-electron chi connectivity index (χ3n) is 6.46. The molecule has 0 aromatic heterocycles. The number of hydrogen-bond donors (Lipinski definition) is 1. The molecular weight excluding hydrogens is 419 g/mol. The van der Waals surface area contributed by atoms with E-state index in [-0.39, 0.29) is 30.3 Å². The van der Waals surface area contributed by atoms with Crippen molar-refractivity contribution < 1.29 is 17.6 Å². The van der Waals surface area contributed by atoms with Crippen LogP contribution in [0.2, 0.25) is 0 Å². The van der Waals surface area contributed by atoms with E-state index < -0.39 is 15.8 Å². The van der Waals surface area contributed by atoms with Crippen LogP contribution >= 0.6 is 0 Å². The van der Waals surface area contributed by atoms with Crippen molar-refractivity contribution in [1.82, 2.24) is 19.4 Å². The van der Waals surface area contributed by atoms with Crippen molar-refractivity contribution in [2.75, 3.05) is 45.8 Å². The van der Waals surface area contributed by atoms with Gasteiger partial charge in [-0.25, -0.2) is 12.8 Å². The number of rotatable bonds is 8. The first-order valence-electron chi connectivity index (χ1n) is 11.3. The maximum absolute atomic E-state index is 13.7. The average molecular weight is 455 g/mol. The number of hydrogen-bond acceptors (Lipinski definition) is 5. The number of amides is 1. The summed E-state index contributed by atoms with van der Waals surface area (Å²) in [5, 5.41) is 3.21. The number of carbonyl (C=O) groups is 1. The molecule has 0 bridgehead atoms. The SMILES string of the molecule is CC1CCCC(C)N1CCN(CCC(=O)N1CCNCC1)S(=O)(=O)c1cccc(F)c1. The van der Waals surface area contributed by atoms with E-state index in [0.29, 0.717) is 31.7 Å². The first-order chi connectivity index (χ1) is 14.8. The number of piperidine rings is 1. The van der Waals surface area contributed by atoms with Crippen LogP contribution in [0.15, 0.2) is 29.2 Å². The Morgan fingerprint density at radius 1 is 1.16 bits per heavy atom. The van der Waals surface area contributed by atoms with E-state index in [1.807, 2.05) is 0 Å². The lowest BCUT2D eigenvalue weighted by molar-refractivity contribution is -0.131. The summed E-state index contributed by atoms with van der Waals surface area (Å²) in [6.45, 7) is 8.10. The zero-order chi connectivity index (χ0) is 22.4.